The molecule has 130 valence electrons. The predicted molar refractivity (Wildman–Crippen MR) is 88.7 cm³/mol. The first-order valence-corrected chi connectivity index (χ1v) is 7.44. The molecule has 0 aliphatic carbocycles. The molecule has 1 atom stereocenters. The van der Waals surface area contributed by atoms with Crippen LogP contribution in [0.2, 0.25) is 0 Å². The molecule has 24 heavy (non-hydrogen) atoms. The maximum absolute atomic E-state index is 14.1. The molecule has 2 heterocycles. The quantitative estimate of drug-likeness (QED) is 0.867. The summed E-state index contributed by atoms with van der Waals surface area (Å²) in [6.07, 6.45) is 4.24. The van der Waals surface area contributed by atoms with Gasteiger partial charge in [-0.3, -0.25) is 4.79 Å². The molecule has 0 radical (unpaired) electrons. The number of amides is 1. The molecule has 7 nitrogen and oxygen atoms in total. The molecule has 1 aromatic carbocycles. The Labute approximate surface area is 144 Å². The summed E-state index contributed by atoms with van der Waals surface area (Å²) in [6, 6.07) is 3.75. The van der Waals surface area contributed by atoms with E-state index in [9.17, 15) is 9.18 Å². The minimum Gasteiger partial charge on any atom is -0.381 e. The zero-order valence-corrected chi connectivity index (χ0v) is 13.7. The van der Waals surface area contributed by atoms with Gasteiger partial charge in [-0.1, -0.05) is 0 Å². The van der Waals surface area contributed by atoms with Crippen molar-refractivity contribution in [3.8, 4) is 5.69 Å². The van der Waals surface area contributed by atoms with Crippen molar-refractivity contribution in [3.05, 3.63) is 36.7 Å². The predicted octanol–water partition coefficient (Wildman–Crippen LogP) is 1.52. The molecule has 9 heteroatoms. The minimum absolute atomic E-state index is 0. The van der Waals surface area contributed by atoms with Crippen molar-refractivity contribution < 1.29 is 13.9 Å². The zero-order chi connectivity index (χ0) is 16.2. The number of carbonyl (C=O) groups excluding carboxylic acids is 1. The summed E-state index contributed by atoms with van der Waals surface area (Å²) >= 11 is 0. The first kappa shape index (κ1) is 18.3. The number of hydrogen-bond acceptors (Lipinski definition) is 5. The van der Waals surface area contributed by atoms with Gasteiger partial charge in [0.05, 0.1) is 6.04 Å². The van der Waals surface area contributed by atoms with Crippen molar-refractivity contribution in [1.29, 1.82) is 0 Å². The second-order valence-electron chi connectivity index (χ2n) is 5.47. The van der Waals surface area contributed by atoms with Crippen LogP contribution in [0.4, 0.5) is 10.1 Å². The number of anilines is 1. The molecule has 1 saturated heterocycles. The van der Waals surface area contributed by atoms with Crippen LogP contribution in [-0.2, 0) is 9.53 Å². The van der Waals surface area contributed by atoms with Gasteiger partial charge >= 0.3 is 0 Å². The lowest BCUT2D eigenvalue weighted by Crippen LogP contribution is -2.44. The Morgan fingerprint density at radius 1 is 1.42 bits per heavy atom. The summed E-state index contributed by atoms with van der Waals surface area (Å²) in [6.45, 7) is 1.24. The van der Waals surface area contributed by atoms with Gasteiger partial charge in [0.1, 0.15) is 18.3 Å². The highest BCUT2D eigenvalue weighted by atomic mass is 35.5. The highest BCUT2D eigenvalue weighted by Crippen LogP contribution is 2.20. The number of nitrogens with zero attached hydrogens (tertiary/aromatic N) is 3. The van der Waals surface area contributed by atoms with Crippen molar-refractivity contribution in [2.24, 2.45) is 11.7 Å². The largest absolute Gasteiger partial charge is 0.381 e. The number of halogens is 2. The average Bonchev–Trinajstić information content (AvgIpc) is 3.09. The highest BCUT2D eigenvalue weighted by Gasteiger charge is 2.26. The first-order valence-electron chi connectivity index (χ1n) is 7.44. The zero-order valence-electron chi connectivity index (χ0n) is 12.9. The van der Waals surface area contributed by atoms with Crippen LogP contribution in [0.3, 0.4) is 0 Å². The van der Waals surface area contributed by atoms with Crippen LogP contribution in [0.25, 0.3) is 5.69 Å². The van der Waals surface area contributed by atoms with Gasteiger partial charge in [-0.05, 0) is 37.0 Å². The van der Waals surface area contributed by atoms with Gasteiger partial charge in [-0.25, -0.2) is 14.1 Å². The van der Waals surface area contributed by atoms with Crippen LogP contribution in [0.5, 0.6) is 0 Å². The van der Waals surface area contributed by atoms with Crippen molar-refractivity contribution in [2.75, 3.05) is 18.5 Å². The van der Waals surface area contributed by atoms with E-state index in [2.05, 4.69) is 15.4 Å². The third-order valence-corrected chi connectivity index (χ3v) is 3.96. The molecule has 1 unspecified atom stereocenters. The van der Waals surface area contributed by atoms with Gasteiger partial charge in [0.15, 0.2) is 5.82 Å². The Kier molecular flexibility index (Phi) is 6.24. The molecule has 0 spiro atoms. The normalized spacial score (nSPS) is 16.2. The lowest BCUT2D eigenvalue weighted by molar-refractivity contribution is -0.119. The van der Waals surface area contributed by atoms with Gasteiger partial charge in [0.2, 0.25) is 5.91 Å². The van der Waals surface area contributed by atoms with Crippen LogP contribution < -0.4 is 11.1 Å². The van der Waals surface area contributed by atoms with E-state index in [-0.39, 0.29) is 29.9 Å². The summed E-state index contributed by atoms with van der Waals surface area (Å²) < 4.78 is 20.7. The second kappa shape index (κ2) is 8.18. The molecule has 1 amide bonds. The van der Waals surface area contributed by atoms with E-state index in [0.717, 1.165) is 12.8 Å². The van der Waals surface area contributed by atoms with Crippen LogP contribution in [-0.4, -0.2) is 39.9 Å². The Morgan fingerprint density at radius 3 is 2.79 bits per heavy atom. The van der Waals surface area contributed by atoms with Crippen LogP contribution in [0, 0.1) is 11.7 Å². The summed E-state index contributed by atoms with van der Waals surface area (Å²) in [7, 11) is 0. The fraction of sp³-hybridized carbons (Fsp3) is 0.400. The number of rotatable bonds is 4. The Balaban J connectivity index is 0.00000208. The average molecular weight is 356 g/mol. The molecule has 1 fully saturated rings. The summed E-state index contributed by atoms with van der Waals surface area (Å²) in [5.74, 6) is -0.735. The van der Waals surface area contributed by atoms with Crippen molar-refractivity contribution in [3.63, 3.8) is 0 Å². The second-order valence-corrected chi connectivity index (χ2v) is 5.47. The van der Waals surface area contributed by atoms with Crippen molar-refractivity contribution in [2.45, 2.75) is 18.9 Å². The van der Waals surface area contributed by atoms with Gasteiger partial charge < -0.3 is 15.8 Å². The number of aromatic nitrogens is 3. The van der Waals surface area contributed by atoms with E-state index in [4.69, 9.17) is 10.5 Å². The van der Waals surface area contributed by atoms with Crippen molar-refractivity contribution in [1.82, 2.24) is 14.8 Å². The summed E-state index contributed by atoms with van der Waals surface area (Å²) in [5.41, 5.74) is 6.62. The van der Waals surface area contributed by atoms with Crippen LogP contribution in [0.1, 0.15) is 12.8 Å². The maximum Gasteiger partial charge on any atom is 0.241 e. The standard InChI is InChI=1S/C15H18FN5O2.ClH/c16-12-7-11(1-2-13(12)21-9-18-8-19-21)20-15(22)14(17)10-3-5-23-6-4-10;/h1-2,7-10,14H,3-6,17H2,(H,20,22);1H. The third-order valence-electron chi connectivity index (χ3n) is 3.96. The molecular formula is C15H19ClFN5O2. The van der Waals surface area contributed by atoms with E-state index in [1.807, 2.05) is 0 Å². The van der Waals surface area contributed by atoms with E-state index >= 15 is 0 Å². The maximum atomic E-state index is 14.1. The van der Waals surface area contributed by atoms with E-state index in [1.54, 1.807) is 6.07 Å². The molecule has 1 aliphatic heterocycles. The fourth-order valence-electron chi connectivity index (χ4n) is 2.62. The number of nitrogens with two attached hydrogens (primary N) is 1. The smallest absolute Gasteiger partial charge is 0.241 e. The third kappa shape index (κ3) is 4.08. The summed E-state index contributed by atoms with van der Waals surface area (Å²) in [5, 5.41) is 6.54. The Bertz CT molecular complexity index is 677. The van der Waals surface area contributed by atoms with Crippen molar-refractivity contribution >= 4 is 24.0 Å². The number of carbonyl (C=O) groups is 1. The molecule has 2 aromatic rings. The van der Waals surface area contributed by atoms with E-state index in [1.165, 1.54) is 29.5 Å². The lowest BCUT2D eigenvalue weighted by Gasteiger charge is -2.26. The molecular weight excluding hydrogens is 337 g/mol. The van der Waals surface area contributed by atoms with E-state index in [0.29, 0.717) is 18.9 Å². The number of benzene rings is 1. The molecule has 0 bridgehead atoms. The van der Waals surface area contributed by atoms with E-state index < -0.39 is 11.9 Å². The number of ether oxygens (including phenoxy) is 1. The highest BCUT2D eigenvalue weighted by molar-refractivity contribution is 5.95. The van der Waals surface area contributed by atoms with Gasteiger partial charge in [-0.2, -0.15) is 5.10 Å². The molecule has 3 rings (SSSR count). The minimum atomic E-state index is -0.628. The van der Waals surface area contributed by atoms with Gasteiger partial charge in [0.25, 0.3) is 0 Å². The molecule has 1 aromatic heterocycles. The van der Waals surface area contributed by atoms with Gasteiger partial charge in [0, 0.05) is 18.9 Å². The first-order chi connectivity index (χ1) is 11.1. The Morgan fingerprint density at radius 2 is 2.17 bits per heavy atom. The molecule has 0 saturated carbocycles. The fourth-order valence-corrected chi connectivity index (χ4v) is 2.62. The summed E-state index contributed by atoms with van der Waals surface area (Å²) in [4.78, 5) is 16.0. The lowest BCUT2D eigenvalue weighted by atomic mass is 9.92. The molecule has 3 N–H and O–H groups in total. The molecule has 1 aliphatic rings. The van der Waals surface area contributed by atoms with Gasteiger partial charge in [-0.15, -0.1) is 12.4 Å². The SMILES string of the molecule is Cl.NC(C(=O)Nc1ccc(-n2cncn2)c(F)c1)C1CCOCC1. The monoisotopic (exact) mass is 355 g/mol. The Hall–Kier alpha value is -2.03. The van der Waals surface area contributed by atoms with Crippen LogP contribution in [0.15, 0.2) is 30.9 Å². The topological polar surface area (TPSA) is 95.1 Å². The van der Waals surface area contributed by atoms with Crippen LogP contribution >= 0.6 is 12.4 Å². The number of hydrogen-bond donors (Lipinski definition) is 2. The number of nitrogens with one attached hydrogen (secondary N) is 1.